The van der Waals surface area contributed by atoms with Gasteiger partial charge in [0.05, 0.1) is 26.4 Å². The van der Waals surface area contributed by atoms with Crippen molar-refractivity contribution in [2.75, 3.05) is 83.7 Å². The lowest BCUT2D eigenvalue weighted by atomic mass is 10.2. The molecule has 0 atom stereocenters. The number of nitrogens with one attached hydrogen (secondary N) is 2. The van der Waals surface area contributed by atoms with Crippen molar-refractivity contribution in [2.24, 2.45) is 0 Å². The van der Waals surface area contributed by atoms with Gasteiger partial charge < -0.3 is 45.1 Å². The van der Waals surface area contributed by atoms with E-state index in [0.717, 1.165) is 13.1 Å². The molecule has 0 aromatic carbocycles. The van der Waals surface area contributed by atoms with Gasteiger partial charge in [-0.25, -0.2) is 9.59 Å². The molecule has 0 aliphatic carbocycles. The normalized spacial score (nSPS) is 15.0. The van der Waals surface area contributed by atoms with E-state index >= 15 is 0 Å². The van der Waals surface area contributed by atoms with E-state index in [-0.39, 0.29) is 29.4 Å². The number of morpholine rings is 2. The highest BCUT2D eigenvalue weighted by Gasteiger charge is 2.35. The Morgan fingerprint density at radius 2 is 1.10 bits per heavy atom. The maximum absolute atomic E-state index is 12.9. The van der Waals surface area contributed by atoms with E-state index in [1.54, 1.807) is 41.5 Å². The number of aromatic nitrogens is 4. The van der Waals surface area contributed by atoms with Gasteiger partial charge in [0.25, 0.3) is 0 Å². The molecular weight excluding hydrogens is 628 g/mol. The van der Waals surface area contributed by atoms with Gasteiger partial charge in [0.2, 0.25) is 23.7 Å². The van der Waals surface area contributed by atoms with Crippen molar-refractivity contribution in [1.82, 2.24) is 19.9 Å². The molecule has 18 heteroatoms. The van der Waals surface area contributed by atoms with Crippen molar-refractivity contribution in [1.29, 1.82) is 0 Å². The SMILES string of the molecule is CC(=O)Nc1cc(N(C(=O)OC(C)(C)C)C(=O)OC(C)(C)C)nc(N2CCOCC2)n1.CC(=O)Nc1cc(N)nc(N2CCOCC2)n1. The van der Waals surface area contributed by atoms with Gasteiger partial charge in [0, 0.05) is 52.2 Å². The summed E-state index contributed by atoms with van der Waals surface area (Å²) < 4.78 is 21.4. The highest BCUT2D eigenvalue weighted by molar-refractivity contribution is 6.09. The average Bonchev–Trinajstić information content (AvgIpc) is 2.95. The number of carbonyl (C=O) groups is 4. The largest absolute Gasteiger partial charge is 0.443 e. The highest BCUT2D eigenvalue weighted by Crippen LogP contribution is 2.25. The van der Waals surface area contributed by atoms with Crippen LogP contribution in [0.25, 0.3) is 0 Å². The van der Waals surface area contributed by atoms with Gasteiger partial charge in [-0.3, -0.25) is 9.59 Å². The number of nitrogen functional groups attached to an aromatic ring is 1. The van der Waals surface area contributed by atoms with E-state index in [1.165, 1.54) is 26.0 Å². The van der Waals surface area contributed by atoms with Gasteiger partial charge in [-0.2, -0.15) is 24.8 Å². The third kappa shape index (κ3) is 12.4. The van der Waals surface area contributed by atoms with Crippen LogP contribution in [0.15, 0.2) is 12.1 Å². The quantitative estimate of drug-likeness (QED) is 0.415. The molecule has 0 unspecified atom stereocenters. The first-order valence-corrected chi connectivity index (χ1v) is 15.4. The number of rotatable bonds is 5. The Balaban J connectivity index is 0.000000308. The minimum atomic E-state index is -0.956. The first kappa shape index (κ1) is 37.6. The highest BCUT2D eigenvalue weighted by atomic mass is 16.6. The fourth-order valence-corrected chi connectivity index (χ4v) is 4.16. The molecule has 4 amide bonds. The molecule has 0 bridgehead atoms. The van der Waals surface area contributed by atoms with Crippen molar-refractivity contribution in [3.8, 4) is 0 Å². The van der Waals surface area contributed by atoms with Crippen LogP contribution in [0.1, 0.15) is 55.4 Å². The Bertz CT molecular complexity index is 1420. The van der Waals surface area contributed by atoms with Crippen molar-refractivity contribution in [3.05, 3.63) is 12.1 Å². The zero-order valence-electron chi connectivity index (χ0n) is 28.8. The van der Waals surface area contributed by atoms with Crippen molar-refractivity contribution < 1.29 is 38.1 Å². The van der Waals surface area contributed by atoms with E-state index in [1.807, 2.05) is 9.80 Å². The minimum absolute atomic E-state index is 0.0799. The number of amides is 4. The number of imide groups is 1. The first-order chi connectivity index (χ1) is 22.4. The monoisotopic (exact) mass is 674 g/mol. The molecular formula is C30H46N10O8. The molecule has 264 valence electrons. The van der Waals surface area contributed by atoms with E-state index in [4.69, 9.17) is 24.7 Å². The standard InChI is InChI=1S/C20H31N5O6.C10H15N5O2/c1-13(26)21-14-12-15(23-16(22-14)24-8-10-29-11-9-24)25(17(27)30-19(2,3)4)18(28)31-20(5,6)7;1-7(16)12-9-6-8(11)13-10(14-9)15-2-4-17-5-3-15/h12H,8-11H2,1-7H3,(H,21,22,23,26);6H,2-5H2,1H3,(H3,11,12,13,14,16). The summed E-state index contributed by atoms with van der Waals surface area (Å²) in [6.45, 7) is 17.6. The first-order valence-electron chi connectivity index (χ1n) is 15.4. The second-order valence-electron chi connectivity index (χ2n) is 12.7. The Morgan fingerprint density at radius 3 is 1.50 bits per heavy atom. The number of carbonyl (C=O) groups excluding carboxylic acids is 4. The lowest BCUT2D eigenvalue weighted by Crippen LogP contribution is -2.44. The fraction of sp³-hybridized carbons (Fsp3) is 0.600. The van der Waals surface area contributed by atoms with Gasteiger partial charge in [0.15, 0.2) is 5.82 Å². The van der Waals surface area contributed by atoms with Crippen molar-refractivity contribution in [3.63, 3.8) is 0 Å². The molecule has 4 rings (SSSR count). The fourth-order valence-electron chi connectivity index (χ4n) is 4.16. The molecule has 4 N–H and O–H groups in total. The summed E-state index contributed by atoms with van der Waals surface area (Å²) in [6, 6.07) is 2.85. The topological polar surface area (TPSA) is 217 Å². The summed E-state index contributed by atoms with van der Waals surface area (Å²) in [5.41, 5.74) is 3.96. The van der Waals surface area contributed by atoms with Gasteiger partial charge in [-0.1, -0.05) is 0 Å². The van der Waals surface area contributed by atoms with Crippen molar-refractivity contribution >= 4 is 59.2 Å². The molecule has 2 aliphatic rings. The molecule has 2 saturated heterocycles. The summed E-state index contributed by atoms with van der Waals surface area (Å²) in [6.07, 6.45) is -1.91. The third-order valence-electron chi connectivity index (χ3n) is 6.01. The number of nitrogens with two attached hydrogens (primary N) is 1. The van der Waals surface area contributed by atoms with Crippen LogP contribution in [-0.2, 0) is 28.5 Å². The molecule has 0 radical (unpaired) electrons. The Morgan fingerprint density at radius 1 is 0.708 bits per heavy atom. The van der Waals surface area contributed by atoms with Crippen LogP contribution in [0, 0.1) is 0 Å². The second kappa shape index (κ2) is 16.3. The van der Waals surface area contributed by atoms with Crippen LogP contribution in [0.2, 0.25) is 0 Å². The van der Waals surface area contributed by atoms with Crippen LogP contribution in [0.3, 0.4) is 0 Å². The summed E-state index contributed by atoms with van der Waals surface area (Å²) in [7, 11) is 0. The molecule has 2 fully saturated rings. The summed E-state index contributed by atoms with van der Waals surface area (Å²) in [4.78, 5) is 70.1. The Hall–Kier alpha value is -4.84. The predicted octanol–water partition coefficient (Wildman–Crippen LogP) is 2.80. The van der Waals surface area contributed by atoms with Crippen LogP contribution < -0.4 is 31.1 Å². The molecule has 0 spiro atoms. The number of hydrogen-bond acceptors (Lipinski definition) is 15. The lowest BCUT2D eigenvalue weighted by molar-refractivity contribution is -0.115. The Labute approximate surface area is 279 Å². The maximum atomic E-state index is 12.9. The third-order valence-corrected chi connectivity index (χ3v) is 6.01. The van der Waals surface area contributed by atoms with Gasteiger partial charge >= 0.3 is 12.2 Å². The van der Waals surface area contributed by atoms with Gasteiger partial charge in [0.1, 0.15) is 28.7 Å². The molecule has 18 nitrogen and oxygen atoms in total. The molecule has 2 aromatic rings. The van der Waals surface area contributed by atoms with E-state index < -0.39 is 23.4 Å². The van der Waals surface area contributed by atoms with Gasteiger partial charge in [-0.05, 0) is 41.5 Å². The number of ether oxygens (including phenoxy) is 4. The zero-order chi connectivity index (χ0) is 35.6. The van der Waals surface area contributed by atoms with E-state index in [9.17, 15) is 19.2 Å². The van der Waals surface area contributed by atoms with E-state index in [2.05, 4.69) is 30.6 Å². The summed E-state index contributed by atoms with van der Waals surface area (Å²) >= 11 is 0. The molecule has 2 aliphatic heterocycles. The minimum Gasteiger partial charge on any atom is -0.443 e. The lowest BCUT2D eigenvalue weighted by Gasteiger charge is -2.30. The average molecular weight is 675 g/mol. The van der Waals surface area contributed by atoms with Crippen LogP contribution in [0.5, 0.6) is 0 Å². The predicted molar refractivity (Wildman–Crippen MR) is 178 cm³/mol. The van der Waals surface area contributed by atoms with Crippen LogP contribution in [-0.4, -0.2) is 108 Å². The molecule has 4 heterocycles. The van der Waals surface area contributed by atoms with Crippen molar-refractivity contribution in [2.45, 2.75) is 66.6 Å². The van der Waals surface area contributed by atoms with Crippen LogP contribution >= 0.6 is 0 Å². The van der Waals surface area contributed by atoms with Crippen LogP contribution in [0.4, 0.5) is 44.8 Å². The van der Waals surface area contributed by atoms with E-state index in [0.29, 0.717) is 62.0 Å². The number of nitrogens with zero attached hydrogens (tertiary/aromatic N) is 7. The smallest absolute Gasteiger partial charge is 0.425 e. The number of anilines is 6. The second-order valence-corrected chi connectivity index (χ2v) is 12.7. The Kier molecular flexibility index (Phi) is 12.8. The maximum Gasteiger partial charge on any atom is 0.425 e. The summed E-state index contributed by atoms with van der Waals surface area (Å²) in [5, 5.41) is 5.17. The number of hydrogen-bond donors (Lipinski definition) is 3. The molecule has 48 heavy (non-hydrogen) atoms. The zero-order valence-corrected chi connectivity index (χ0v) is 28.8. The molecule has 2 aromatic heterocycles. The molecule has 0 saturated carbocycles. The summed E-state index contributed by atoms with van der Waals surface area (Å²) in [5.74, 6) is 1.03. The van der Waals surface area contributed by atoms with Gasteiger partial charge in [-0.15, -0.1) is 0 Å².